The lowest BCUT2D eigenvalue weighted by Gasteiger charge is -2.17. The van der Waals surface area contributed by atoms with Gasteiger partial charge in [-0.3, -0.25) is 9.59 Å². The van der Waals surface area contributed by atoms with E-state index < -0.39 is 18.0 Å². The Morgan fingerprint density at radius 1 is 1.31 bits per heavy atom. The molecule has 0 aromatic carbocycles. The molecular formula is C9H15O4. The molecule has 0 aliphatic rings. The van der Waals surface area contributed by atoms with Crippen LogP contribution in [0, 0.1) is 12.3 Å². The van der Waals surface area contributed by atoms with Crippen LogP contribution in [-0.4, -0.2) is 25.2 Å². The highest BCUT2D eigenvalue weighted by atomic mass is 16.6. The molecule has 0 aromatic rings. The lowest BCUT2D eigenvalue weighted by Crippen LogP contribution is -2.28. The van der Waals surface area contributed by atoms with E-state index in [0.717, 1.165) is 0 Å². The van der Waals surface area contributed by atoms with Crippen molar-refractivity contribution in [2.45, 2.75) is 26.9 Å². The second-order valence-corrected chi connectivity index (χ2v) is 2.74. The van der Waals surface area contributed by atoms with E-state index in [-0.39, 0.29) is 5.97 Å². The first kappa shape index (κ1) is 11.9. The zero-order valence-corrected chi connectivity index (χ0v) is 8.37. The van der Waals surface area contributed by atoms with Gasteiger partial charge in [0.2, 0.25) is 0 Å². The van der Waals surface area contributed by atoms with Crippen LogP contribution >= 0.6 is 0 Å². The standard InChI is InChI=1S/C9H15O4/c1-5-8(10)13-7(3)6(2)9(11)12-4/h5-7H,1-4H3. The highest BCUT2D eigenvalue weighted by molar-refractivity contribution is 5.79. The number of methoxy groups -OCH3 is 1. The number of hydrogen-bond acceptors (Lipinski definition) is 4. The molecule has 13 heavy (non-hydrogen) atoms. The average molecular weight is 187 g/mol. The first-order chi connectivity index (χ1) is 6.02. The van der Waals surface area contributed by atoms with Crippen LogP contribution < -0.4 is 0 Å². The Labute approximate surface area is 78.2 Å². The lowest BCUT2D eigenvalue weighted by atomic mass is 10.1. The van der Waals surface area contributed by atoms with Gasteiger partial charge in [0.15, 0.2) is 0 Å². The van der Waals surface area contributed by atoms with Gasteiger partial charge < -0.3 is 9.47 Å². The Balaban J connectivity index is 4.02. The molecule has 0 heterocycles. The molecule has 4 nitrogen and oxygen atoms in total. The summed E-state index contributed by atoms with van der Waals surface area (Å²) < 4.78 is 9.40. The summed E-state index contributed by atoms with van der Waals surface area (Å²) in [5.41, 5.74) is 0. The molecule has 0 bridgehead atoms. The Hall–Kier alpha value is -1.06. The van der Waals surface area contributed by atoms with E-state index in [9.17, 15) is 9.59 Å². The first-order valence-electron chi connectivity index (χ1n) is 4.10. The molecule has 75 valence electrons. The monoisotopic (exact) mass is 187 g/mol. The van der Waals surface area contributed by atoms with Crippen LogP contribution in [0.1, 0.15) is 20.8 Å². The van der Waals surface area contributed by atoms with E-state index in [1.807, 2.05) is 0 Å². The molecule has 0 fully saturated rings. The van der Waals surface area contributed by atoms with Gasteiger partial charge in [-0.2, -0.15) is 0 Å². The van der Waals surface area contributed by atoms with E-state index in [0.29, 0.717) is 0 Å². The van der Waals surface area contributed by atoms with Crippen LogP contribution in [-0.2, 0) is 19.1 Å². The predicted octanol–water partition coefficient (Wildman–Crippen LogP) is 0.951. The number of hydrogen-bond donors (Lipinski definition) is 0. The fourth-order valence-corrected chi connectivity index (χ4v) is 0.731. The number of rotatable bonds is 4. The summed E-state index contributed by atoms with van der Waals surface area (Å²) in [6, 6.07) is 0. The molecule has 1 radical (unpaired) electrons. The third-order valence-electron chi connectivity index (χ3n) is 1.81. The molecule has 0 rings (SSSR count). The van der Waals surface area contributed by atoms with Gasteiger partial charge in [0.25, 0.3) is 0 Å². The van der Waals surface area contributed by atoms with Crippen molar-refractivity contribution in [3.05, 3.63) is 6.42 Å². The third kappa shape index (κ3) is 3.92. The maximum Gasteiger partial charge on any atom is 0.312 e. The van der Waals surface area contributed by atoms with Gasteiger partial charge in [-0.05, 0) is 13.8 Å². The van der Waals surface area contributed by atoms with Gasteiger partial charge in [-0.15, -0.1) is 0 Å². The highest BCUT2D eigenvalue weighted by Gasteiger charge is 2.23. The first-order valence-corrected chi connectivity index (χ1v) is 4.10. The molecule has 0 amide bonds. The second kappa shape index (κ2) is 5.56. The van der Waals surface area contributed by atoms with Crippen molar-refractivity contribution in [1.82, 2.24) is 0 Å². The van der Waals surface area contributed by atoms with Gasteiger partial charge in [0.1, 0.15) is 6.10 Å². The van der Waals surface area contributed by atoms with E-state index in [2.05, 4.69) is 4.74 Å². The molecule has 0 aliphatic carbocycles. The molecular weight excluding hydrogens is 172 g/mol. The van der Waals surface area contributed by atoms with Crippen LogP contribution in [0.4, 0.5) is 0 Å². The van der Waals surface area contributed by atoms with Gasteiger partial charge in [-0.25, -0.2) is 0 Å². The summed E-state index contributed by atoms with van der Waals surface area (Å²) in [6.07, 6.45) is 0.844. The predicted molar refractivity (Wildman–Crippen MR) is 46.7 cm³/mol. The van der Waals surface area contributed by atoms with E-state index in [4.69, 9.17) is 4.74 Å². The summed E-state index contributed by atoms with van der Waals surface area (Å²) in [4.78, 5) is 21.8. The Bertz CT molecular complexity index is 188. The fourth-order valence-electron chi connectivity index (χ4n) is 0.731. The minimum absolute atomic E-state index is 0.378. The van der Waals surface area contributed by atoms with Crippen LogP contribution in [0.3, 0.4) is 0 Å². The molecule has 4 heteroatoms. The van der Waals surface area contributed by atoms with Gasteiger partial charge in [-0.1, -0.05) is 6.92 Å². The Morgan fingerprint density at radius 2 is 1.85 bits per heavy atom. The number of esters is 2. The molecule has 2 atom stereocenters. The Kier molecular flexibility index (Phi) is 5.11. The van der Waals surface area contributed by atoms with Crippen molar-refractivity contribution in [2.24, 2.45) is 5.92 Å². The normalized spacial score (nSPS) is 14.5. The zero-order chi connectivity index (χ0) is 10.4. The van der Waals surface area contributed by atoms with Gasteiger partial charge >= 0.3 is 11.9 Å². The maximum absolute atomic E-state index is 11.0. The second-order valence-electron chi connectivity index (χ2n) is 2.74. The average Bonchev–Trinajstić information content (AvgIpc) is 2.14. The zero-order valence-electron chi connectivity index (χ0n) is 8.37. The van der Waals surface area contributed by atoms with Crippen LogP contribution in [0.2, 0.25) is 0 Å². The summed E-state index contributed by atoms with van der Waals surface area (Å²) in [5, 5.41) is 0. The third-order valence-corrected chi connectivity index (χ3v) is 1.81. The fraction of sp³-hybridized carbons (Fsp3) is 0.667. The molecule has 0 saturated heterocycles. The quantitative estimate of drug-likeness (QED) is 0.615. The summed E-state index contributed by atoms with van der Waals surface area (Å²) >= 11 is 0. The van der Waals surface area contributed by atoms with E-state index >= 15 is 0 Å². The minimum Gasteiger partial charge on any atom is -0.469 e. The van der Waals surface area contributed by atoms with E-state index in [1.54, 1.807) is 20.8 Å². The number of ether oxygens (including phenoxy) is 2. The minimum atomic E-state index is -0.462. The summed E-state index contributed by atoms with van der Waals surface area (Å²) in [5.74, 6) is -1.24. The van der Waals surface area contributed by atoms with Crippen LogP contribution in [0.25, 0.3) is 0 Å². The van der Waals surface area contributed by atoms with Crippen molar-refractivity contribution < 1.29 is 19.1 Å². The maximum atomic E-state index is 11.0. The molecule has 0 aliphatic heterocycles. The molecule has 0 spiro atoms. The van der Waals surface area contributed by atoms with Crippen molar-refractivity contribution in [3.8, 4) is 0 Å². The van der Waals surface area contributed by atoms with Crippen LogP contribution in [0.5, 0.6) is 0 Å². The number of carbonyl (C=O) groups excluding carboxylic acids is 2. The van der Waals surface area contributed by atoms with Crippen molar-refractivity contribution >= 4 is 11.9 Å². The largest absolute Gasteiger partial charge is 0.469 e. The topological polar surface area (TPSA) is 52.6 Å². The highest BCUT2D eigenvalue weighted by Crippen LogP contribution is 2.09. The van der Waals surface area contributed by atoms with Crippen molar-refractivity contribution in [1.29, 1.82) is 0 Å². The van der Waals surface area contributed by atoms with Crippen LogP contribution in [0.15, 0.2) is 0 Å². The molecule has 0 N–H and O–H groups in total. The number of carbonyl (C=O) groups is 2. The Morgan fingerprint density at radius 3 is 2.23 bits per heavy atom. The smallest absolute Gasteiger partial charge is 0.312 e. The molecule has 0 saturated carbocycles. The molecule has 0 aromatic heterocycles. The summed E-state index contributed by atoms with van der Waals surface area (Å²) in [7, 11) is 1.30. The van der Waals surface area contributed by atoms with Crippen molar-refractivity contribution in [2.75, 3.05) is 7.11 Å². The van der Waals surface area contributed by atoms with Crippen molar-refractivity contribution in [3.63, 3.8) is 0 Å². The van der Waals surface area contributed by atoms with Gasteiger partial charge in [0.05, 0.1) is 19.4 Å². The summed E-state index contributed by atoms with van der Waals surface area (Å²) in [6.45, 7) is 4.89. The SMILES string of the molecule is C[CH]C(=O)OC(C)C(C)C(=O)OC. The lowest BCUT2D eigenvalue weighted by molar-refractivity contribution is -0.156. The van der Waals surface area contributed by atoms with Gasteiger partial charge in [0, 0.05) is 0 Å². The van der Waals surface area contributed by atoms with E-state index in [1.165, 1.54) is 13.5 Å². The molecule has 2 unspecified atom stereocenters.